The Bertz CT molecular complexity index is 1110. The predicted octanol–water partition coefficient (Wildman–Crippen LogP) is 4.14. The van der Waals surface area contributed by atoms with Gasteiger partial charge in [0.15, 0.2) is 5.54 Å². The van der Waals surface area contributed by atoms with Gasteiger partial charge in [0, 0.05) is 31.6 Å². The number of ether oxygens (including phenoxy) is 3. The highest BCUT2D eigenvalue weighted by Crippen LogP contribution is 2.34. The molecule has 1 aliphatic rings. The predicted molar refractivity (Wildman–Crippen MR) is 146 cm³/mol. The van der Waals surface area contributed by atoms with Crippen LogP contribution in [0.1, 0.15) is 63.6 Å². The summed E-state index contributed by atoms with van der Waals surface area (Å²) in [6, 6.07) is 15.4. The molecule has 8 heteroatoms. The first kappa shape index (κ1) is 29.2. The normalized spacial score (nSPS) is 18.9. The van der Waals surface area contributed by atoms with E-state index in [1.165, 1.54) is 5.56 Å². The molecule has 0 spiro atoms. The summed E-state index contributed by atoms with van der Waals surface area (Å²) in [4.78, 5) is 30.9. The van der Waals surface area contributed by atoms with Crippen LogP contribution in [0.5, 0.6) is 5.75 Å². The summed E-state index contributed by atoms with van der Waals surface area (Å²) in [7, 11) is 0. The molecule has 3 rings (SSSR count). The Morgan fingerprint density at radius 2 is 1.79 bits per heavy atom. The maximum Gasteiger partial charge on any atom is 0.306 e. The second kappa shape index (κ2) is 12.9. The third-order valence-corrected chi connectivity index (χ3v) is 6.28. The van der Waals surface area contributed by atoms with Crippen molar-refractivity contribution >= 4 is 17.8 Å². The first-order valence-electron chi connectivity index (χ1n) is 13.2. The van der Waals surface area contributed by atoms with Crippen molar-refractivity contribution in [3.05, 3.63) is 65.2 Å². The van der Waals surface area contributed by atoms with E-state index in [2.05, 4.69) is 17.4 Å². The van der Waals surface area contributed by atoms with Crippen LogP contribution in [0.15, 0.2) is 53.5 Å². The van der Waals surface area contributed by atoms with Crippen LogP contribution >= 0.6 is 0 Å². The number of aliphatic hydroxyl groups excluding tert-OH is 1. The van der Waals surface area contributed by atoms with Crippen molar-refractivity contribution in [3.63, 3.8) is 0 Å². The molecule has 1 amide bonds. The van der Waals surface area contributed by atoms with E-state index < -0.39 is 17.2 Å². The summed E-state index contributed by atoms with van der Waals surface area (Å²) in [6.45, 7) is 10.2. The van der Waals surface area contributed by atoms with Gasteiger partial charge in [0.25, 0.3) is 5.91 Å². The number of aryl methyl sites for hydroxylation is 1. The zero-order chi connectivity index (χ0) is 27.8. The maximum atomic E-state index is 13.6. The maximum absolute atomic E-state index is 13.6. The second-order valence-electron chi connectivity index (χ2n) is 10.6. The molecule has 2 atom stereocenters. The van der Waals surface area contributed by atoms with Gasteiger partial charge in [-0.2, -0.15) is 0 Å². The quantitative estimate of drug-likeness (QED) is 0.319. The second-order valence-corrected chi connectivity index (χ2v) is 10.6. The standard InChI is InChI=1S/C30H40N2O6/c1-21-7-9-23(10-8-21)16-18-31-28(35)30(17-15-26(34)38-29(3,4)5)22(2)37-27(32-30)24-11-13-25(14-12-24)36-20-6-19-33/h7-14,22,33H,6,15-20H2,1-5H3,(H,31,35)/t22-,30-/m1/s1. The molecule has 0 bridgehead atoms. The molecule has 0 aromatic heterocycles. The lowest BCUT2D eigenvalue weighted by Crippen LogP contribution is -2.51. The van der Waals surface area contributed by atoms with Crippen LogP contribution in [0.2, 0.25) is 0 Å². The van der Waals surface area contributed by atoms with Crippen molar-refractivity contribution < 1.29 is 28.9 Å². The van der Waals surface area contributed by atoms with E-state index in [4.69, 9.17) is 24.3 Å². The number of aliphatic imine (C=N–C) groups is 1. The molecule has 38 heavy (non-hydrogen) atoms. The Morgan fingerprint density at radius 1 is 1.11 bits per heavy atom. The van der Waals surface area contributed by atoms with Gasteiger partial charge < -0.3 is 24.6 Å². The van der Waals surface area contributed by atoms with E-state index in [0.29, 0.717) is 43.2 Å². The van der Waals surface area contributed by atoms with Gasteiger partial charge in [0.05, 0.1) is 6.61 Å². The third kappa shape index (κ3) is 8.05. The van der Waals surface area contributed by atoms with E-state index in [1.807, 2.05) is 52.0 Å². The lowest BCUT2D eigenvalue weighted by atomic mass is 9.87. The molecule has 2 aromatic carbocycles. The van der Waals surface area contributed by atoms with E-state index in [0.717, 1.165) is 5.56 Å². The van der Waals surface area contributed by atoms with Crippen molar-refractivity contribution in [2.45, 2.75) is 77.5 Å². The largest absolute Gasteiger partial charge is 0.494 e. The monoisotopic (exact) mass is 524 g/mol. The topological polar surface area (TPSA) is 106 Å². The van der Waals surface area contributed by atoms with Crippen LogP contribution in [-0.2, 0) is 25.5 Å². The van der Waals surface area contributed by atoms with Crippen molar-refractivity contribution in [2.24, 2.45) is 4.99 Å². The highest BCUT2D eigenvalue weighted by atomic mass is 16.6. The molecule has 2 aromatic rings. The van der Waals surface area contributed by atoms with Gasteiger partial charge in [-0.3, -0.25) is 9.59 Å². The van der Waals surface area contributed by atoms with E-state index >= 15 is 0 Å². The summed E-state index contributed by atoms with van der Waals surface area (Å²) in [5, 5.41) is 12.0. The number of rotatable bonds is 12. The summed E-state index contributed by atoms with van der Waals surface area (Å²) < 4.78 is 17.2. The van der Waals surface area contributed by atoms with Crippen molar-refractivity contribution in [2.75, 3.05) is 19.8 Å². The van der Waals surface area contributed by atoms with E-state index in [1.54, 1.807) is 19.1 Å². The molecule has 0 unspecified atom stereocenters. The average molecular weight is 525 g/mol. The highest BCUT2D eigenvalue weighted by Gasteiger charge is 2.50. The van der Waals surface area contributed by atoms with Gasteiger partial charge in [0.2, 0.25) is 5.90 Å². The fourth-order valence-electron chi connectivity index (χ4n) is 4.17. The van der Waals surface area contributed by atoms with Gasteiger partial charge in [-0.05, 0) is 77.3 Å². The number of hydrogen-bond acceptors (Lipinski definition) is 7. The van der Waals surface area contributed by atoms with E-state index in [9.17, 15) is 9.59 Å². The number of aliphatic hydroxyl groups is 1. The first-order valence-corrected chi connectivity index (χ1v) is 13.2. The number of carbonyl (C=O) groups is 2. The van der Waals surface area contributed by atoms with Gasteiger partial charge in [-0.1, -0.05) is 29.8 Å². The Hall–Kier alpha value is -3.39. The molecule has 206 valence electrons. The van der Waals surface area contributed by atoms with Crippen molar-refractivity contribution in [1.82, 2.24) is 5.32 Å². The number of benzene rings is 2. The molecule has 1 heterocycles. The third-order valence-electron chi connectivity index (χ3n) is 6.28. The van der Waals surface area contributed by atoms with Crippen molar-refractivity contribution in [1.29, 1.82) is 0 Å². The fourth-order valence-corrected chi connectivity index (χ4v) is 4.17. The minimum atomic E-state index is -1.27. The zero-order valence-corrected chi connectivity index (χ0v) is 23.1. The molecule has 8 nitrogen and oxygen atoms in total. The van der Waals surface area contributed by atoms with Crippen LogP contribution in [-0.4, -0.2) is 59.9 Å². The summed E-state index contributed by atoms with van der Waals surface area (Å²) >= 11 is 0. The number of esters is 1. The smallest absolute Gasteiger partial charge is 0.306 e. The number of hydrogen-bond donors (Lipinski definition) is 2. The Kier molecular flexibility index (Phi) is 9.91. The van der Waals surface area contributed by atoms with Gasteiger partial charge >= 0.3 is 5.97 Å². The molecule has 0 saturated carbocycles. The lowest BCUT2D eigenvalue weighted by molar-refractivity contribution is -0.155. The van der Waals surface area contributed by atoms with Crippen LogP contribution in [0, 0.1) is 6.92 Å². The number of amides is 1. The summed E-state index contributed by atoms with van der Waals surface area (Å²) in [5.41, 5.74) is 1.13. The lowest BCUT2D eigenvalue weighted by Gasteiger charge is -2.28. The molecular formula is C30H40N2O6. The van der Waals surface area contributed by atoms with Gasteiger partial charge in [0.1, 0.15) is 17.5 Å². The number of carbonyl (C=O) groups excluding carboxylic acids is 2. The Balaban J connectivity index is 1.77. The van der Waals surface area contributed by atoms with Crippen LogP contribution < -0.4 is 10.1 Å². The molecule has 2 N–H and O–H groups in total. The SMILES string of the molecule is Cc1ccc(CCNC(=O)[C@]2(CCC(=O)OC(C)(C)C)N=C(c3ccc(OCCCO)cc3)O[C@@H]2C)cc1. The van der Waals surface area contributed by atoms with Gasteiger partial charge in [-0.25, -0.2) is 4.99 Å². The Morgan fingerprint density at radius 3 is 2.42 bits per heavy atom. The molecule has 1 aliphatic heterocycles. The van der Waals surface area contributed by atoms with E-state index in [-0.39, 0.29) is 31.3 Å². The van der Waals surface area contributed by atoms with Crippen LogP contribution in [0.25, 0.3) is 0 Å². The van der Waals surface area contributed by atoms with Crippen molar-refractivity contribution in [3.8, 4) is 5.75 Å². The fraction of sp³-hybridized carbons (Fsp3) is 0.500. The first-order chi connectivity index (χ1) is 18.0. The van der Waals surface area contributed by atoms with Gasteiger partial charge in [-0.15, -0.1) is 0 Å². The minimum Gasteiger partial charge on any atom is -0.494 e. The summed E-state index contributed by atoms with van der Waals surface area (Å²) in [6.07, 6.45) is 0.835. The molecular weight excluding hydrogens is 484 g/mol. The molecule has 0 saturated heterocycles. The molecule has 0 radical (unpaired) electrons. The minimum absolute atomic E-state index is 0.0325. The summed E-state index contributed by atoms with van der Waals surface area (Å²) in [5.74, 6) is 0.348. The molecule has 0 aliphatic carbocycles. The van der Waals surface area contributed by atoms with Crippen LogP contribution in [0.3, 0.4) is 0 Å². The Labute approximate surface area is 225 Å². The van der Waals surface area contributed by atoms with Crippen LogP contribution in [0.4, 0.5) is 0 Å². The number of nitrogens with zero attached hydrogens (tertiary/aromatic N) is 1. The highest BCUT2D eigenvalue weighted by molar-refractivity contribution is 6.00. The number of nitrogens with one attached hydrogen (secondary N) is 1. The average Bonchev–Trinajstić information content (AvgIpc) is 3.21. The molecule has 0 fully saturated rings. The zero-order valence-electron chi connectivity index (χ0n) is 23.1.